The van der Waals surface area contributed by atoms with Gasteiger partial charge in [-0.25, -0.2) is 4.79 Å². The maximum Gasteiger partial charge on any atom is 0.329 e. The predicted molar refractivity (Wildman–Crippen MR) is 145 cm³/mol. The van der Waals surface area contributed by atoms with Crippen molar-refractivity contribution in [2.45, 2.75) is 111 Å². The second-order valence-electron chi connectivity index (χ2n) is 11.3. The van der Waals surface area contributed by atoms with Gasteiger partial charge in [0.25, 0.3) is 0 Å². The Kier molecular flexibility index (Phi) is 13.9. The average molecular weight is 554 g/mol. The minimum absolute atomic E-state index is 0.0326. The molecule has 1 aliphatic heterocycles. The summed E-state index contributed by atoms with van der Waals surface area (Å²) in [5, 5.41) is 13.1. The first-order chi connectivity index (χ1) is 18.2. The molecule has 39 heavy (non-hydrogen) atoms. The molecule has 5 atom stereocenters. The quantitative estimate of drug-likeness (QED) is 0.299. The van der Waals surface area contributed by atoms with Gasteiger partial charge in [-0.1, -0.05) is 54.9 Å². The van der Waals surface area contributed by atoms with Crippen molar-refractivity contribution < 1.29 is 33.5 Å². The second kappa shape index (κ2) is 16.0. The number of rotatable bonds is 6. The standard InChI is InChI=1S/C27H47N5O7/c1-9-10-18-12-20(33)28-13-21(34)31-22(15(4)5)26(37)30-19(11-14(2)3)25(36)29-17(8)24(35)32-23(16(6)7)27(38)39-18/h14-19,22-23H,9-13H2,1-8H3,(H,28,33)(H,29,36)(H,30,37)(H,31,34)(H,32,35)/t17-,18+,19+,22-,23-/m0/s1. The summed E-state index contributed by atoms with van der Waals surface area (Å²) in [6.45, 7) is 13.7. The van der Waals surface area contributed by atoms with Crippen molar-refractivity contribution in [1.29, 1.82) is 0 Å². The van der Waals surface area contributed by atoms with Crippen LogP contribution in [-0.2, 0) is 33.5 Å². The highest BCUT2D eigenvalue weighted by Crippen LogP contribution is 2.13. The van der Waals surface area contributed by atoms with Gasteiger partial charge < -0.3 is 31.3 Å². The van der Waals surface area contributed by atoms with Gasteiger partial charge in [0.15, 0.2) is 0 Å². The van der Waals surface area contributed by atoms with Crippen molar-refractivity contribution in [2.24, 2.45) is 17.8 Å². The molecule has 0 aromatic heterocycles. The van der Waals surface area contributed by atoms with Crippen LogP contribution in [0.3, 0.4) is 0 Å². The van der Waals surface area contributed by atoms with Gasteiger partial charge in [0.2, 0.25) is 29.5 Å². The third-order valence-electron chi connectivity index (χ3n) is 6.33. The van der Waals surface area contributed by atoms with E-state index in [4.69, 9.17) is 4.74 Å². The monoisotopic (exact) mass is 553 g/mol. The van der Waals surface area contributed by atoms with Crippen LogP contribution in [0.15, 0.2) is 0 Å². The van der Waals surface area contributed by atoms with Crippen molar-refractivity contribution in [1.82, 2.24) is 26.6 Å². The van der Waals surface area contributed by atoms with E-state index in [0.717, 1.165) is 0 Å². The van der Waals surface area contributed by atoms with Crippen molar-refractivity contribution in [3.63, 3.8) is 0 Å². The minimum Gasteiger partial charge on any atom is -0.460 e. The fourth-order valence-electron chi connectivity index (χ4n) is 4.10. The molecule has 1 fully saturated rings. The van der Waals surface area contributed by atoms with Gasteiger partial charge in [-0.15, -0.1) is 0 Å². The highest BCUT2D eigenvalue weighted by molar-refractivity contribution is 5.95. The molecule has 0 unspecified atom stereocenters. The van der Waals surface area contributed by atoms with E-state index in [2.05, 4.69) is 26.6 Å². The maximum atomic E-state index is 13.1. The molecule has 1 rings (SSSR count). The first kappa shape index (κ1) is 33.8. The Morgan fingerprint density at radius 2 is 1.38 bits per heavy atom. The van der Waals surface area contributed by atoms with Gasteiger partial charge in [0.1, 0.15) is 30.3 Å². The Hall–Kier alpha value is -3.18. The van der Waals surface area contributed by atoms with Crippen LogP contribution >= 0.6 is 0 Å². The van der Waals surface area contributed by atoms with Crippen molar-refractivity contribution in [3.05, 3.63) is 0 Å². The van der Waals surface area contributed by atoms with Crippen LogP contribution in [0.4, 0.5) is 0 Å². The fourth-order valence-corrected chi connectivity index (χ4v) is 4.10. The van der Waals surface area contributed by atoms with E-state index in [1.54, 1.807) is 27.7 Å². The number of amides is 5. The summed E-state index contributed by atoms with van der Waals surface area (Å²) in [7, 11) is 0. The highest BCUT2D eigenvalue weighted by atomic mass is 16.5. The Morgan fingerprint density at radius 3 is 1.92 bits per heavy atom. The number of hydrogen-bond donors (Lipinski definition) is 5. The molecule has 12 nitrogen and oxygen atoms in total. The molecule has 0 bridgehead atoms. The van der Waals surface area contributed by atoms with E-state index in [1.807, 2.05) is 20.8 Å². The number of cyclic esters (lactones) is 1. The zero-order valence-electron chi connectivity index (χ0n) is 24.5. The molecular weight excluding hydrogens is 506 g/mol. The lowest BCUT2D eigenvalue weighted by Gasteiger charge is -2.27. The zero-order valence-corrected chi connectivity index (χ0v) is 24.5. The van der Waals surface area contributed by atoms with E-state index < -0.39 is 65.8 Å². The molecule has 0 aromatic rings. The SMILES string of the molecule is CCC[C@@H]1CC(=O)NCC(=O)N[C@@H](C(C)C)C(=O)N[C@H](CC(C)C)C(=O)N[C@@H](C)C(=O)N[C@@H](C(C)C)C(=O)O1. The van der Waals surface area contributed by atoms with Crippen molar-refractivity contribution >= 4 is 35.5 Å². The Morgan fingerprint density at radius 1 is 0.769 bits per heavy atom. The zero-order chi connectivity index (χ0) is 29.9. The molecule has 1 saturated heterocycles. The average Bonchev–Trinajstić information content (AvgIpc) is 2.82. The summed E-state index contributed by atoms with van der Waals surface area (Å²) in [5.41, 5.74) is 0. The van der Waals surface area contributed by atoms with Gasteiger partial charge in [0, 0.05) is 0 Å². The summed E-state index contributed by atoms with van der Waals surface area (Å²) in [6, 6.07) is -3.95. The third kappa shape index (κ3) is 11.6. The van der Waals surface area contributed by atoms with Gasteiger partial charge in [-0.3, -0.25) is 24.0 Å². The molecule has 0 spiro atoms. The number of carbonyl (C=O) groups excluding carboxylic acids is 6. The molecule has 5 N–H and O–H groups in total. The summed E-state index contributed by atoms with van der Waals surface area (Å²) in [5.74, 6) is -4.09. The van der Waals surface area contributed by atoms with Gasteiger partial charge >= 0.3 is 5.97 Å². The van der Waals surface area contributed by atoms with Crippen LogP contribution in [0.5, 0.6) is 0 Å². The summed E-state index contributed by atoms with van der Waals surface area (Å²) in [6.07, 6.45) is 0.414. The number of hydrogen-bond acceptors (Lipinski definition) is 7. The predicted octanol–water partition coefficient (Wildman–Crippen LogP) is 0.535. The van der Waals surface area contributed by atoms with Gasteiger partial charge in [-0.05, 0) is 37.5 Å². The van der Waals surface area contributed by atoms with Crippen LogP contribution in [0.1, 0.15) is 81.1 Å². The normalized spacial score (nSPS) is 27.0. The van der Waals surface area contributed by atoms with Crippen molar-refractivity contribution in [2.75, 3.05) is 6.54 Å². The topological polar surface area (TPSA) is 172 Å². The molecule has 222 valence electrons. The van der Waals surface area contributed by atoms with Crippen molar-refractivity contribution in [3.8, 4) is 0 Å². The molecule has 0 aromatic carbocycles. The Bertz CT molecular complexity index is 890. The van der Waals surface area contributed by atoms with Crippen LogP contribution in [0, 0.1) is 17.8 Å². The second-order valence-corrected chi connectivity index (χ2v) is 11.3. The molecular formula is C27H47N5O7. The molecule has 1 heterocycles. The van der Waals surface area contributed by atoms with Gasteiger partial charge in [-0.2, -0.15) is 0 Å². The minimum atomic E-state index is -1.02. The first-order valence-corrected chi connectivity index (χ1v) is 13.8. The molecule has 12 heteroatoms. The highest BCUT2D eigenvalue weighted by Gasteiger charge is 2.33. The maximum absolute atomic E-state index is 13.1. The summed E-state index contributed by atoms with van der Waals surface area (Å²) in [4.78, 5) is 77.4. The number of ether oxygens (including phenoxy) is 1. The number of esters is 1. The lowest BCUT2D eigenvalue weighted by Crippen LogP contribution is -2.58. The first-order valence-electron chi connectivity index (χ1n) is 13.8. The smallest absolute Gasteiger partial charge is 0.329 e. The van der Waals surface area contributed by atoms with E-state index in [1.165, 1.54) is 6.92 Å². The van der Waals surface area contributed by atoms with Crippen LogP contribution in [0.25, 0.3) is 0 Å². The van der Waals surface area contributed by atoms with Gasteiger partial charge in [0.05, 0.1) is 13.0 Å². The number of carbonyl (C=O) groups is 6. The third-order valence-corrected chi connectivity index (χ3v) is 6.33. The molecule has 5 amide bonds. The van der Waals surface area contributed by atoms with E-state index in [0.29, 0.717) is 19.3 Å². The Balaban J connectivity index is 3.34. The largest absolute Gasteiger partial charge is 0.460 e. The summed E-state index contributed by atoms with van der Waals surface area (Å²) >= 11 is 0. The lowest BCUT2D eigenvalue weighted by molar-refractivity contribution is -0.156. The molecule has 1 aliphatic rings. The molecule has 0 radical (unpaired) electrons. The fraction of sp³-hybridized carbons (Fsp3) is 0.778. The molecule has 0 saturated carbocycles. The van der Waals surface area contributed by atoms with E-state index in [9.17, 15) is 28.8 Å². The van der Waals surface area contributed by atoms with Crippen LogP contribution < -0.4 is 26.6 Å². The van der Waals surface area contributed by atoms with Crippen LogP contribution in [0.2, 0.25) is 0 Å². The number of nitrogens with one attached hydrogen (secondary N) is 5. The van der Waals surface area contributed by atoms with E-state index in [-0.39, 0.29) is 30.7 Å². The molecule has 0 aliphatic carbocycles. The lowest BCUT2D eigenvalue weighted by atomic mass is 9.99. The van der Waals surface area contributed by atoms with E-state index >= 15 is 0 Å². The Labute approximate surface area is 231 Å². The van der Waals surface area contributed by atoms with Crippen LogP contribution in [-0.4, -0.2) is 72.3 Å². The summed E-state index contributed by atoms with van der Waals surface area (Å²) < 4.78 is 5.60.